The first kappa shape index (κ1) is 22.8. The zero-order valence-electron chi connectivity index (χ0n) is 18.5. The van der Waals surface area contributed by atoms with Gasteiger partial charge in [0.15, 0.2) is 11.5 Å². The Kier molecular flexibility index (Phi) is 6.71. The molecule has 1 aromatic carbocycles. The van der Waals surface area contributed by atoms with Gasteiger partial charge < -0.3 is 14.4 Å². The van der Waals surface area contributed by atoms with Crippen LogP contribution in [0.25, 0.3) is 6.08 Å². The minimum Gasteiger partial charge on any atom is -0.493 e. The number of hydrogen-bond donors (Lipinski definition) is 0. The average Bonchev–Trinajstić information content (AvgIpc) is 3.03. The number of rotatable bonds is 6. The Balaban J connectivity index is 1.65. The number of nitrogens with zero attached hydrogens (tertiary/aromatic N) is 4. The second-order valence-electron chi connectivity index (χ2n) is 7.30. The topological polar surface area (TPSA) is 94.0 Å². The predicted molar refractivity (Wildman–Crippen MR) is 117 cm³/mol. The van der Waals surface area contributed by atoms with Crippen molar-refractivity contribution in [1.29, 1.82) is 0 Å². The van der Waals surface area contributed by atoms with Crippen LogP contribution in [0, 0.1) is 13.8 Å². The predicted octanol–water partition coefficient (Wildman–Crippen LogP) is 1.60. The minimum atomic E-state index is -3.65. The van der Waals surface area contributed by atoms with E-state index in [2.05, 4.69) is 5.10 Å². The van der Waals surface area contributed by atoms with Crippen LogP contribution >= 0.6 is 0 Å². The maximum absolute atomic E-state index is 13.1. The fourth-order valence-corrected chi connectivity index (χ4v) is 5.46. The maximum Gasteiger partial charge on any atom is 0.246 e. The van der Waals surface area contributed by atoms with E-state index in [-0.39, 0.29) is 23.9 Å². The second kappa shape index (κ2) is 9.11. The van der Waals surface area contributed by atoms with E-state index in [4.69, 9.17) is 9.47 Å². The van der Waals surface area contributed by atoms with Crippen LogP contribution in [-0.2, 0) is 21.9 Å². The minimum absolute atomic E-state index is 0.166. The molecule has 3 rings (SSSR count). The van der Waals surface area contributed by atoms with E-state index in [1.807, 2.05) is 6.07 Å². The van der Waals surface area contributed by atoms with Crippen LogP contribution < -0.4 is 9.47 Å². The highest BCUT2D eigenvalue weighted by Gasteiger charge is 2.33. The van der Waals surface area contributed by atoms with Gasteiger partial charge in [-0.05, 0) is 37.6 Å². The first-order valence-electron chi connectivity index (χ1n) is 9.88. The van der Waals surface area contributed by atoms with Gasteiger partial charge in [0.05, 0.1) is 25.6 Å². The number of aromatic nitrogens is 2. The van der Waals surface area contributed by atoms with E-state index in [0.29, 0.717) is 36.0 Å². The highest BCUT2D eigenvalue weighted by molar-refractivity contribution is 7.89. The Hall–Kier alpha value is -2.85. The SMILES string of the molecule is COc1ccc(/C=C/C(=O)N2CCN(S(=O)(=O)c3c(C)nn(C)c3C)CC2)cc1OC. The molecule has 31 heavy (non-hydrogen) atoms. The zero-order valence-corrected chi connectivity index (χ0v) is 19.3. The van der Waals surface area contributed by atoms with Gasteiger partial charge in [0, 0.05) is 39.3 Å². The van der Waals surface area contributed by atoms with Crippen LogP contribution in [0.3, 0.4) is 0 Å². The summed E-state index contributed by atoms with van der Waals surface area (Å²) in [6, 6.07) is 5.38. The van der Waals surface area contributed by atoms with Crippen molar-refractivity contribution >= 4 is 22.0 Å². The van der Waals surface area contributed by atoms with Gasteiger partial charge in [-0.2, -0.15) is 9.40 Å². The van der Waals surface area contributed by atoms with Crippen LogP contribution in [-0.4, -0.2) is 73.7 Å². The Morgan fingerprint density at radius 1 is 1.06 bits per heavy atom. The molecule has 0 radical (unpaired) electrons. The van der Waals surface area contributed by atoms with Gasteiger partial charge in [0.1, 0.15) is 4.90 Å². The summed E-state index contributed by atoms with van der Waals surface area (Å²) in [5.41, 5.74) is 1.89. The molecule has 0 aliphatic carbocycles. The number of sulfonamides is 1. The molecular formula is C21H28N4O5S. The zero-order chi connectivity index (χ0) is 22.8. The Labute approximate surface area is 182 Å². The largest absolute Gasteiger partial charge is 0.493 e. The van der Waals surface area contributed by atoms with Crippen LogP contribution in [0.4, 0.5) is 0 Å². The van der Waals surface area contributed by atoms with Crippen molar-refractivity contribution in [1.82, 2.24) is 19.0 Å². The smallest absolute Gasteiger partial charge is 0.246 e. The number of carbonyl (C=O) groups excluding carboxylic acids is 1. The third kappa shape index (κ3) is 4.59. The maximum atomic E-state index is 13.1. The molecule has 0 bridgehead atoms. The van der Waals surface area contributed by atoms with E-state index >= 15 is 0 Å². The number of carbonyl (C=O) groups is 1. The van der Waals surface area contributed by atoms with Crippen molar-refractivity contribution in [2.75, 3.05) is 40.4 Å². The third-order valence-corrected chi connectivity index (χ3v) is 7.57. The first-order valence-corrected chi connectivity index (χ1v) is 11.3. The van der Waals surface area contributed by atoms with Crippen LogP contribution in [0.15, 0.2) is 29.2 Å². The van der Waals surface area contributed by atoms with Crippen molar-refractivity contribution in [2.24, 2.45) is 7.05 Å². The summed E-state index contributed by atoms with van der Waals surface area (Å²) < 4.78 is 39.6. The molecule has 0 spiro atoms. The number of piperazine rings is 1. The Morgan fingerprint density at radius 2 is 1.71 bits per heavy atom. The lowest BCUT2D eigenvalue weighted by Gasteiger charge is -2.33. The Morgan fingerprint density at radius 3 is 2.26 bits per heavy atom. The lowest BCUT2D eigenvalue weighted by molar-refractivity contribution is -0.127. The summed E-state index contributed by atoms with van der Waals surface area (Å²) in [7, 11) is 1.19. The summed E-state index contributed by atoms with van der Waals surface area (Å²) in [4.78, 5) is 14.5. The van der Waals surface area contributed by atoms with Gasteiger partial charge in [0.2, 0.25) is 15.9 Å². The molecule has 1 aliphatic rings. The molecule has 1 fully saturated rings. The number of amides is 1. The monoisotopic (exact) mass is 448 g/mol. The molecule has 10 heteroatoms. The molecule has 1 aliphatic heterocycles. The molecule has 2 heterocycles. The van der Waals surface area contributed by atoms with E-state index in [0.717, 1.165) is 5.56 Å². The summed E-state index contributed by atoms with van der Waals surface area (Å²) >= 11 is 0. The third-order valence-electron chi connectivity index (χ3n) is 5.42. The van der Waals surface area contributed by atoms with E-state index in [1.54, 1.807) is 62.9 Å². The molecule has 0 atom stereocenters. The van der Waals surface area contributed by atoms with Crippen molar-refractivity contribution in [3.8, 4) is 11.5 Å². The summed E-state index contributed by atoms with van der Waals surface area (Å²) in [5.74, 6) is 1.03. The molecule has 1 aromatic heterocycles. The molecule has 168 valence electrons. The van der Waals surface area contributed by atoms with Gasteiger partial charge in [-0.1, -0.05) is 6.07 Å². The molecular weight excluding hydrogens is 420 g/mol. The molecule has 0 N–H and O–H groups in total. The molecule has 1 saturated heterocycles. The summed E-state index contributed by atoms with van der Waals surface area (Å²) in [6.45, 7) is 4.57. The first-order chi connectivity index (χ1) is 14.7. The van der Waals surface area contributed by atoms with E-state index < -0.39 is 10.0 Å². The van der Waals surface area contributed by atoms with Gasteiger partial charge in [-0.15, -0.1) is 0 Å². The van der Waals surface area contributed by atoms with Crippen LogP contribution in [0.2, 0.25) is 0 Å². The quantitative estimate of drug-likeness (QED) is 0.623. The lowest BCUT2D eigenvalue weighted by Crippen LogP contribution is -2.50. The normalized spacial score (nSPS) is 15.5. The van der Waals surface area contributed by atoms with Gasteiger partial charge in [-0.25, -0.2) is 8.42 Å². The standard InChI is InChI=1S/C21H28N4O5S/c1-15-21(16(2)23(3)22-15)31(27,28)25-12-10-24(11-13-25)20(26)9-7-17-6-8-18(29-4)19(14-17)30-5/h6-9,14H,10-13H2,1-5H3/b9-7+. The highest BCUT2D eigenvalue weighted by atomic mass is 32.2. The van der Waals surface area contributed by atoms with Crippen LogP contribution in [0.5, 0.6) is 11.5 Å². The number of ether oxygens (including phenoxy) is 2. The summed E-state index contributed by atoms with van der Waals surface area (Å²) in [6.07, 6.45) is 3.19. The fourth-order valence-electron chi connectivity index (χ4n) is 3.63. The molecule has 9 nitrogen and oxygen atoms in total. The van der Waals surface area contributed by atoms with Crippen molar-refractivity contribution in [3.05, 3.63) is 41.2 Å². The van der Waals surface area contributed by atoms with E-state index in [1.165, 1.54) is 10.4 Å². The second-order valence-corrected chi connectivity index (χ2v) is 9.18. The Bertz CT molecular complexity index is 1100. The van der Waals surface area contributed by atoms with Crippen LogP contribution in [0.1, 0.15) is 17.0 Å². The molecule has 1 amide bonds. The summed E-state index contributed by atoms with van der Waals surface area (Å²) in [5, 5.41) is 4.21. The average molecular weight is 449 g/mol. The van der Waals surface area contributed by atoms with Gasteiger partial charge in [0.25, 0.3) is 0 Å². The lowest BCUT2D eigenvalue weighted by atomic mass is 10.2. The van der Waals surface area contributed by atoms with Crippen molar-refractivity contribution in [3.63, 3.8) is 0 Å². The van der Waals surface area contributed by atoms with Gasteiger partial charge >= 0.3 is 0 Å². The number of hydrogen-bond acceptors (Lipinski definition) is 6. The van der Waals surface area contributed by atoms with Crippen molar-refractivity contribution < 1.29 is 22.7 Å². The molecule has 2 aromatic rings. The molecule has 0 unspecified atom stereocenters. The number of benzene rings is 1. The number of aryl methyl sites for hydroxylation is 2. The van der Waals surface area contributed by atoms with Crippen molar-refractivity contribution in [2.45, 2.75) is 18.7 Å². The van der Waals surface area contributed by atoms with E-state index in [9.17, 15) is 13.2 Å². The van der Waals surface area contributed by atoms with Gasteiger partial charge in [-0.3, -0.25) is 9.48 Å². The molecule has 0 saturated carbocycles. The highest BCUT2D eigenvalue weighted by Crippen LogP contribution is 2.28. The number of methoxy groups -OCH3 is 2. The fraction of sp³-hybridized carbons (Fsp3) is 0.429.